The molecule has 0 radical (unpaired) electrons. The first-order chi connectivity index (χ1) is 17.2. The van der Waals surface area contributed by atoms with Crippen LogP contribution in [0.5, 0.6) is 5.75 Å². The molecule has 35 heavy (non-hydrogen) atoms. The maximum atomic E-state index is 12.9. The third kappa shape index (κ3) is 5.98. The van der Waals surface area contributed by atoms with Gasteiger partial charge in [-0.25, -0.2) is 0 Å². The van der Waals surface area contributed by atoms with Crippen molar-refractivity contribution in [1.82, 2.24) is 0 Å². The molecule has 178 valence electrons. The van der Waals surface area contributed by atoms with Crippen molar-refractivity contribution in [1.29, 1.82) is 0 Å². The lowest BCUT2D eigenvalue weighted by Crippen LogP contribution is -2.27. The molecule has 1 amide bonds. The van der Waals surface area contributed by atoms with Crippen molar-refractivity contribution < 1.29 is 9.53 Å². The van der Waals surface area contributed by atoms with Gasteiger partial charge in [0.15, 0.2) is 0 Å². The van der Waals surface area contributed by atoms with Crippen molar-refractivity contribution in [3.63, 3.8) is 0 Å². The number of halogens is 1. The van der Waals surface area contributed by atoms with Crippen LogP contribution in [0.2, 0.25) is 0 Å². The highest BCUT2D eigenvalue weighted by molar-refractivity contribution is 9.10. The van der Waals surface area contributed by atoms with Gasteiger partial charge < -0.3 is 4.74 Å². The lowest BCUT2D eigenvalue weighted by atomic mass is 10.0. The molecular weight excluding hydrogens is 518 g/mol. The van der Waals surface area contributed by atoms with Gasteiger partial charge in [0.2, 0.25) is 0 Å². The number of hydrogen-bond donors (Lipinski definition) is 0. The molecule has 0 bridgehead atoms. The summed E-state index contributed by atoms with van der Waals surface area (Å²) >= 11 is 4.92. The van der Waals surface area contributed by atoms with Crippen molar-refractivity contribution in [2.24, 2.45) is 0 Å². The average Bonchev–Trinajstić information content (AvgIpc) is 3.31. The van der Waals surface area contributed by atoms with Gasteiger partial charge in [0.05, 0.1) is 6.04 Å². The molecule has 0 spiro atoms. The summed E-state index contributed by atoms with van der Waals surface area (Å²) in [5.41, 5.74) is 5.30. The van der Waals surface area contributed by atoms with Gasteiger partial charge in [-0.05, 0) is 41.0 Å². The maximum absolute atomic E-state index is 12.9. The molecule has 3 nitrogen and oxygen atoms in total. The fourth-order valence-corrected chi connectivity index (χ4v) is 5.37. The fraction of sp³-hybridized carbons (Fsp3) is 0.167. The van der Waals surface area contributed by atoms with Crippen LogP contribution in [-0.4, -0.2) is 11.0 Å². The number of anilines is 1. The summed E-state index contributed by atoms with van der Waals surface area (Å²) < 4.78 is 7.18. The van der Waals surface area contributed by atoms with E-state index in [1.54, 1.807) is 0 Å². The Kier molecular flexibility index (Phi) is 8.67. The molecule has 0 N–H and O–H groups in total. The summed E-state index contributed by atoms with van der Waals surface area (Å²) in [5, 5.41) is 0.0596. The molecule has 5 heteroatoms. The Morgan fingerprint density at radius 3 is 2.17 bits per heavy atom. The monoisotopic (exact) mass is 545 g/mol. The minimum absolute atomic E-state index is 0.0596. The molecule has 1 heterocycles. The van der Waals surface area contributed by atoms with Crippen LogP contribution in [0.25, 0.3) is 11.1 Å². The van der Waals surface area contributed by atoms with Crippen LogP contribution in [0.15, 0.2) is 108 Å². The first kappa shape index (κ1) is 25.1. The van der Waals surface area contributed by atoms with Gasteiger partial charge in [-0.1, -0.05) is 120 Å². The molecule has 1 unspecified atom stereocenters. The number of amides is 1. The number of nitrogens with zero attached hydrogens (tertiary/aromatic N) is 1. The number of benzene rings is 4. The Morgan fingerprint density at radius 1 is 0.857 bits per heavy atom. The van der Waals surface area contributed by atoms with Gasteiger partial charge in [0.1, 0.15) is 12.4 Å². The summed E-state index contributed by atoms with van der Waals surface area (Å²) in [5.74, 6) is 1.47. The highest BCUT2D eigenvalue weighted by Crippen LogP contribution is 2.43. The molecule has 4 aromatic carbocycles. The normalized spacial score (nSPS) is 14.9. The number of carbonyl (C=O) groups is 1. The third-order valence-electron chi connectivity index (χ3n) is 5.70. The van der Waals surface area contributed by atoms with Gasteiger partial charge in [-0.2, -0.15) is 0 Å². The van der Waals surface area contributed by atoms with E-state index in [0.29, 0.717) is 12.4 Å². The highest BCUT2D eigenvalue weighted by Gasteiger charge is 2.36. The second-order valence-electron chi connectivity index (χ2n) is 7.83. The molecule has 0 saturated carbocycles. The lowest BCUT2D eigenvalue weighted by molar-refractivity contribution is 0.264. The zero-order chi connectivity index (χ0) is 24.6. The third-order valence-corrected chi connectivity index (χ3v) is 7.12. The van der Waals surface area contributed by atoms with E-state index in [4.69, 9.17) is 4.74 Å². The van der Waals surface area contributed by atoms with Crippen LogP contribution >= 0.6 is 27.7 Å². The van der Waals surface area contributed by atoms with E-state index in [0.717, 1.165) is 38.2 Å². The van der Waals surface area contributed by atoms with Crippen LogP contribution in [0.3, 0.4) is 0 Å². The summed E-state index contributed by atoms with van der Waals surface area (Å²) in [6.07, 6.45) is 0. The molecule has 1 aliphatic heterocycles. The zero-order valence-corrected chi connectivity index (χ0v) is 22.3. The quantitative estimate of drug-likeness (QED) is 0.242. The number of carbonyl (C=O) groups excluding carboxylic acids is 1. The van der Waals surface area contributed by atoms with E-state index >= 15 is 0 Å². The van der Waals surface area contributed by atoms with Crippen LogP contribution in [-0.2, 0) is 6.61 Å². The SMILES string of the molecule is CC.O=C1SCC(c2ccc(Br)cc2OCc2ccccc2)N1c1ccc(-c2ccccc2)cc1. The second kappa shape index (κ2) is 12.1. The van der Waals surface area contributed by atoms with Crippen molar-refractivity contribution in [3.05, 3.63) is 119 Å². The minimum atomic E-state index is -0.0936. The molecule has 4 aromatic rings. The van der Waals surface area contributed by atoms with Crippen LogP contribution in [0, 0.1) is 0 Å². The van der Waals surface area contributed by atoms with E-state index in [9.17, 15) is 4.79 Å². The van der Waals surface area contributed by atoms with Crippen molar-refractivity contribution >= 4 is 38.6 Å². The summed E-state index contributed by atoms with van der Waals surface area (Å²) in [7, 11) is 0. The largest absolute Gasteiger partial charge is 0.489 e. The van der Waals surface area contributed by atoms with E-state index < -0.39 is 0 Å². The predicted molar refractivity (Wildman–Crippen MR) is 151 cm³/mol. The standard InChI is InChI=1S/C28H22BrNO2S.C2H6/c29-23-13-16-25(27(17-23)32-18-20-7-3-1-4-8-20)26-19-33-28(31)30(26)24-14-11-22(12-15-24)21-9-5-2-6-10-21;1-2/h1-17,26H,18-19H2;1-2H3. The number of rotatable bonds is 6. The summed E-state index contributed by atoms with van der Waals surface area (Å²) in [4.78, 5) is 14.8. The van der Waals surface area contributed by atoms with Crippen molar-refractivity contribution in [2.75, 3.05) is 10.7 Å². The topological polar surface area (TPSA) is 29.5 Å². The molecule has 1 fully saturated rings. The van der Waals surface area contributed by atoms with E-state index in [1.165, 1.54) is 11.8 Å². The smallest absolute Gasteiger partial charge is 0.286 e. The Hall–Kier alpha value is -3.02. The van der Waals surface area contributed by atoms with E-state index in [1.807, 2.05) is 91.5 Å². The molecule has 1 saturated heterocycles. The Bertz CT molecular complexity index is 1250. The maximum Gasteiger partial charge on any atom is 0.286 e. The highest BCUT2D eigenvalue weighted by atomic mass is 79.9. The predicted octanol–water partition coefficient (Wildman–Crippen LogP) is 9.14. The van der Waals surface area contributed by atoms with Gasteiger partial charge in [0.25, 0.3) is 5.24 Å². The van der Waals surface area contributed by atoms with Gasteiger partial charge in [0, 0.05) is 21.5 Å². The van der Waals surface area contributed by atoms with Crippen LogP contribution in [0.1, 0.15) is 31.0 Å². The number of ether oxygens (including phenoxy) is 1. The number of hydrogen-bond acceptors (Lipinski definition) is 3. The fourth-order valence-electron chi connectivity index (χ4n) is 4.02. The average molecular weight is 547 g/mol. The molecule has 0 aromatic heterocycles. The first-order valence-electron chi connectivity index (χ1n) is 11.8. The lowest BCUT2D eigenvalue weighted by Gasteiger charge is -2.26. The molecule has 5 rings (SSSR count). The second-order valence-corrected chi connectivity index (χ2v) is 9.72. The van der Waals surface area contributed by atoms with Gasteiger partial charge in [-0.15, -0.1) is 0 Å². The zero-order valence-electron chi connectivity index (χ0n) is 19.9. The summed E-state index contributed by atoms with van der Waals surface area (Å²) in [6, 6.07) is 34.5. The Morgan fingerprint density at radius 2 is 1.49 bits per heavy atom. The van der Waals surface area contributed by atoms with Gasteiger partial charge in [-0.3, -0.25) is 9.69 Å². The molecule has 0 aliphatic carbocycles. The van der Waals surface area contributed by atoms with E-state index in [-0.39, 0.29) is 11.3 Å². The number of thioether (sulfide) groups is 1. The van der Waals surface area contributed by atoms with E-state index in [2.05, 4.69) is 46.3 Å². The molecule has 1 aliphatic rings. The van der Waals surface area contributed by atoms with Gasteiger partial charge >= 0.3 is 0 Å². The molecular formula is C30H28BrNO2S. The summed E-state index contributed by atoms with van der Waals surface area (Å²) in [6.45, 7) is 4.48. The van der Waals surface area contributed by atoms with Crippen molar-refractivity contribution in [3.8, 4) is 16.9 Å². The van der Waals surface area contributed by atoms with Crippen LogP contribution < -0.4 is 9.64 Å². The Labute approximate surface area is 220 Å². The van der Waals surface area contributed by atoms with Crippen LogP contribution in [0.4, 0.5) is 10.5 Å². The van der Waals surface area contributed by atoms with Crippen molar-refractivity contribution in [2.45, 2.75) is 26.5 Å². The first-order valence-corrected chi connectivity index (χ1v) is 13.5. The minimum Gasteiger partial charge on any atom is -0.489 e. The Balaban J connectivity index is 0.00000141. The molecule has 1 atom stereocenters.